The Morgan fingerprint density at radius 2 is 2.28 bits per heavy atom. The quantitative estimate of drug-likeness (QED) is 0.572. The maximum atomic E-state index is 11.2. The number of aliphatic hydroxyl groups excluding tert-OH is 1. The van der Waals surface area contributed by atoms with Gasteiger partial charge in [-0.15, -0.1) is 5.10 Å². The molecule has 0 fully saturated rings. The highest BCUT2D eigenvalue weighted by Crippen LogP contribution is 1.94. The zero-order chi connectivity index (χ0) is 13.4. The predicted molar refractivity (Wildman–Crippen MR) is 67.8 cm³/mol. The fraction of sp³-hybridized carbons (Fsp3) is 0.800. The van der Waals surface area contributed by atoms with Gasteiger partial charge in [0.15, 0.2) is 9.84 Å². The summed E-state index contributed by atoms with van der Waals surface area (Å²) in [6, 6.07) is 0. The first-order valence-corrected chi connectivity index (χ1v) is 7.80. The highest BCUT2D eigenvalue weighted by atomic mass is 32.2. The summed E-state index contributed by atoms with van der Waals surface area (Å²) in [7, 11) is -2.91. The Bertz CT molecular complexity index is 444. The van der Waals surface area contributed by atoms with Crippen molar-refractivity contribution in [1.82, 2.24) is 20.3 Å². The summed E-state index contributed by atoms with van der Waals surface area (Å²) in [4.78, 5) is 0. The third-order valence-corrected chi connectivity index (χ3v) is 4.17. The standard InChI is InChI=1S/C10H20N4O3S/c1-2-18(16,17)7-4-11-8-10-9-14(13-12-10)5-3-6-15/h9,11,15H,2-8H2,1H3. The van der Waals surface area contributed by atoms with E-state index in [0.29, 0.717) is 26.1 Å². The molecule has 1 aromatic rings. The Balaban J connectivity index is 2.25. The normalized spacial score (nSPS) is 11.9. The average Bonchev–Trinajstić information content (AvgIpc) is 2.80. The van der Waals surface area contributed by atoms with E-state index < -0.39 is 9.84 Å². The fourth-order valence-electron chi connectivity index (χ4n) is 1.35. The molecule has 2 N–H and O–H groups in total. The first-order valence-electron chi connectivity index (χ1n) is 5.98. The van der Waals surface area contributed by atoms with E-state index in [9.17, 15) is 8.42 Å². The maximum Gasteiger partial charge on any atom is 0.151 e. The summed E-state index contributed by atoms with van der Waals surface area (Å²) in [5.41, 5.74) is 0.766. The van der Waals surface area contributed by atoms with Crippen molar-refractivity contribution in [3.63, 3.8) is 0 Å². The molecule has 0 amide bonds. The van der Waals surface area contributed by atoms with Gasteiger partial charge < -0.3 is 10.4 Å². The molecule has 0 aliphatic carbocycles. The third-order valence-electron chi connectivity index (χ3n) is 2.47. The van der Waals surface area contributed by atoms with Crippen LogP contribution in [0.15, 0.2) is 6.20 Å². The molecule has 18 heavy (non-hydrogen) atoms. The van der Waals surface area contributed by atoms with Crippen molar-refractivity contribution in [2.75, 3.05) is 24.7 Å². The second-order valence-electron chi connectivity index (χ2n) is 3.96. The molecule has 0 atom stereocenters. The zero-order valence-corrected chi connectivity index (χ0v) is 11.4. The fourth-order valence-corrected chi connectivity index (χ4v) is 2.09. The number of hydrogen-bond donors (Lipinski definition) is 2. The molecule has 0 saturated carbocycles. The summed E-state index contributed by atoms with van der Waals surface area (Å²) < 4.78 is 24.1. The number of rotatable bonds is 9. The monoisotopic (exact) mass is 276 g/mol. The number of aliphatic hydroxyl groups is 1. The Labute approximate surface area is 107 Å². The van der Waals surface area contributed by atoms with Crippen LogP contribution in [0.1, 0.15) is 19.0 Å². The Morgan fingerprint density at radius 3 is 2.94 bits per heavy atom. The molecule has 0 aliphatic rings. The van der Waals surface area contributed by atoms with Gasteiger partial charge in [-0.1, -0.05) is 12.1 Å². The number of nitrogens with one attached hydrogen (secondary N) is 1. The van der Waals surface area contributed by atoms with Crippen LogP contribution in [-0.2, 0) is 22.9 Å². The van der Waals surface area contributed by atoms with Crippen LogP contribution in [0.3, 0.4) is 0 Å². The molecule has 0 aromatic carbocycles. The molecule has 8 heteroatoms. The van der Waals surface area contributed by atoms with Gasteiger partial charge in [-0.25, -0.2) is 8.42 Å². The summed E-state index contributed by atoms with van der Waals surface area (Å²) in [5, 5.41) is 19.5. The molecule has 1 aromatic heterocycles. The molecule has 0 unspecified atom stereocenters. The summed E-state index contributed by atoms with van der Waals surface area (Å²) >= 11 is 0. The molecular weight excluding hydrogens is 256 g/mol. The molecule has 104 valence electrons. The highest BCUT2D eigenvalue weighted by Gasteiger charge is 2.06. The van der Waals surface area contributed by atoms with Gasteiger partial charge in [0.2, 0.25) is 0 Å². The lowest BCUT2D eigenvalue weighted by molar-refractivity contribution is 0.276. The van der Waals surface area contributed by atoms with Crippen LogP contribution in [0, 0.1) is 0 Å². The molecule has 0 radical (unpaired) electrons. The first kappa shape index (κ1) is 15.1. The molecular formula is C10H20N4O3S. The van der Waals surface area contributed by atoms with Crippen LogP contribution < -0.4 is 5.32 Å². The number of hydrogen-bond acceptors (Lipinski definition) is 6. The summed E-state index contributed by atoms with van der Waals surface area (Å²) in [6.45, 7) is 3.32. The lowest BCUT2D eigenvalue weighted by atomic mass is 10.4. The van der Waals surface area contributed by atoms with E-state index >= 15 is 0 Å². The van der Waals surface area contributed by atoms with Crippen LogP contribution in [0.25, 0.3) is 0 Å². The van der Waals surface area contributed by atoms with Crippen molar-refractivity contribution in [3.05, 3.63) is 11.9 Å². The summed E-state index contributed by atoms with van der Waals surface area (Å²) in [5.74, 6) is 0.314. The van der Waals surface area contributed by atoms with E-state index in [-0.39, 0.29) is 18.1 Å². The highest BCUT2D eigenvalue weighted by molar-refractivity contribution is 7.91. The van der Waals surface area contributed by atoms with Gasteiger partial charge in [0, 0.05) is 38.2 Å². The van der Waals surface area contributed by atoms with Crippen LogP contribution in [-0.4, -0.2) is 53.2 Å². The second-order valence-corrected chi connectivity index (χ2v) is 6.44. The topological polar surface area (TPSA) is 97.1 Å². The Kier molecular flexibility index (Phi) is 6.23. The Hall–Kier alpha value is -0.990. The van der Waals surface area contributed by atoms with Gasteiger partial charge in [0.25, 0.3) is 0 Å². The lowest BCUT2D eigenvalue weighted by Gasteiger charge is -2.02. The SMILES string of the molecule is CCS(=O)(=O)CCNCc1cn(CCCO)nn1. The molecule has 0 bridgehead atoms. The van der Waals surface area contributed by atoms with Crippen molar-refractivity contribution < 1.29 is 13.5 Å². The van der Waals surface area contributed by atoms with Crippen molar-refractivity contribution in [3.8, 4) is 0 Å². The largest absolute Gasteiger partial charge is 0.396 e. The molecule has 1 rings (SSSR count). The van der Waals surface area contributed by atoms with Crippen molar-refractivity contribution in [2.45, 2.75) is 26.4 Å². The van der Waals surface area contributed by atoms with E-state index in [1.165, 1.54) is 0 Å². The van der Waals surface area contributed by atoms with E-state index in [1.54, 1.807) is 17.8 Å². The van der Waals surface area contributed by atoms with Crippen molar-refractivity contribution in [2.24, 2.45) is 0 Å². The Morgan fingerprint density at radius 1 is 1.50 bits per heavy atom. The second kappa shape index (κ2) is 7.45. The van der Waals surface area contributed by atoms with Crippen molar-refractivity contribution in [1.29, 1.82) is 0 Å². The van der Waals surface area contributed by atoms with E-state index in [1.807, 2.05) is 0 Å². The molecule has 7 nitrogen and oxygen atoms in total. The minimum absolute atomic E-state index is 0.127. The molecule has 0 spiro atoms. The average molecular weight is 276 g/mol. The predicted octanol–water partition coefficient (Wildman–Crippen LogP) is -0.815. The van der Waals surface area contributed by atoms with Gasteiger partial charge in [-0.3, -0.25) is 4.68 Å². The minimum Gasteiger partial charge on any atom is -0.396 e. The minimum atomic E-state index is -2.91. The van der Waals surface area contributed by atoms with E-state index in [2.05, 4.69) is 15.6 Å². The number of sulfone groups is 1. The molecule has 0 saturated heterocycles. The lowest BCUT2D eigenvalue weighted by Crippen LogP contribution is -2.23. The number of aryl methyl sites for hydroxylation is 1. The third kappa shape index (κ3) is 5.56. The van der Waals surface area contributed by atoms with Crippen molar-refractivity contribution >= 4 is 9.84 Å². The zero-order valence-electron chi connectivity index (χ0n) is 10.5. The van der Waals surface area contributed by atoms with Crippen LogP contribution >= 0.6 is 0 Å². The first-order chi connectivity index (χ1) is 8.57. The smallest absolute Gasteiger partial charge is 0.151 e. The van der Waals surface area contributed by atoms with Crippen LogP contribution in [0.2, 0.25) is 0 Å². The van der Waals surface area contributed by atoms with E-state index in [4.69, 9.17) is 5.11 Å². The summed E-state index contributed by atoms with van der Waals surface area (Å²) in [6.07, 6.45) is 2.43. The number of aromatic nitrogens is 3. The van der Waals surface area contributed by atoms with Gasteiger partial charge in [-0.05, 0) is 6.42 Å². The van der Waals surface area contributed by atoms with Crippen LogP contribution in [0.5, 0.6) is 0 Å². The van der Waals surface area contributed by atoms with E-state index in [0.717, 1.165) is 5.69 Å². The van der Waals surface area contributed by atoms with Gasteiger partial charge in [0.1, 0.15) is 0 Å². The van der Waals surface area contributed by atoms with Crippen LogP contribution in [0.4, 0.5) is 0 Å². The van der Waals surface area contributed by atoms with Gasteiger partial charge in [-0.2, -0.15) is 0 Å². The van der Waals surface area contributed by atoms with Gasteiger partial charge >= 0.3 is 0 Å². The number of nitrogens with zero attached hydrogens (tertiary/aromatic N) is 3. The molecule has 1 heterocycles. The molecule has 0 aliphatic heterocycles. The maximum absolute atomic E-state index is 11.2. The van der Waals surface area contributed by atoms with Gasteiger partial charge in [0.05, 0.1) is 11.4 Å².